The average Bonchev–Trinajstić information content (AvgIpc) is 3.36. The number of rotatable bonds is 7. The molecule has 8 nitrogen and oxygen atoms in total. The zero-order chi connectivity index (χ0) is 20.2. The van der Waals surface area contributed by atoms with Gasteiger partial charge in [-0.3, -0.25) is 14.4 Å². The molecule has 0 fully saturated rings. The average molecular weight is 414 g/mol. The van der Waals surface area contributed by atoms with E-state index in [0.29, 0.717) is 23.4 Å². The zero-order valence-electron chi connectivity index (χ0n) is 15.9. The summed E-state index contributed by atoms with van der Waals surface area (Å²) in [5.74, 6) is 0.571. The summed E-state index contributed by atoms with van der Waals surface area (Å²) in [7, 11) is 0. The van der Waals surface area contributed by atoms with Crippen LogP contribution in [0.4, 0.5) is 0 Å². The maximum atomic E-state index is 12.5. The Balaban J connectivity index is 1.29. The van der Waals surface area contributed by atoms with Crippen molar-refractivity contribution in [2.75, 3.05) is 6.54 Å². The van der Waals surface area contributed by atoms with Crippen LogP contribution in [0.15, 0.2) is 27.6 Å². The number of aromatic nitrogens is 2. The van der Waals surface area contributed by atoms with Gasteiger partial charge in [0.15, 0.2) is 0 Å². The second-order valence-corrected chi connectivity index (χ2v) is 8.12. The van der Waals surface area contributed by atoms with Crippen molar-refractivity contribution in [1.29, 1.82) is 0 Å². The van der Waals surface area contributed by atoms with Crippen LogP contribution in [0.5, 0.6) is 0 Å². The molecule has 3 aromatic heterocycles. The van der Waals surface area contributed by atoms with Crippen LogP contribution >= 0.6 is 11.3 Å². The molecule has 3 aromatic rings. The van der Waals surface area contributed by atoms with Gasteiger partial charge in [-0.2, -0.15) is 0 Å². The smallest absolute Gasteiger partial charge is 0.259 e. The van der Waals surface area contributed by atoms with Gasteiger partial charge in [0.25, 0.3) is 5.56 Å². The molecule has 152 valence electrons. The molecule has 29 heavy (non-hydrogen) atoms. The van der Waals surface area contributed by atoms with Gasteiger partial charge in [0, 0.05) is 17.7 Å². The van der Waals surface area contributed by atoms with E-state index in [1.807, 2.05) is 0 Å². The lowest BCUT2D eigenvalue weighted by molar-refractivity contribution is -0.126. The third-order valence-corrected chi connectivity index (χ3v) is 6.13. The number of nitrogens with one attached hydrogen (secondary N) is 3. The van der Waals surface area contributed by atoms with Gasteiger partial charge in [-0.05, 0) is 43.4 Å². The molecule has 0 unspecified atom stereocenters. The standard InChI is InChI=1S/C20H22N4O4S/c25-16(22-11-17(26)21-10-12-4-3-9-28-12)8-7-15-23-19(27)18-13-5-1-2-6-14(13)29-20(18)24-15/h3-4,9H,1-2,5-8,10-11H2,(H,21,26)(H,22,25)(H,23,24,27). The van der Waals surface area contributed by atoms with Gasteiger partial charge in [0.2, 0.25) is 11.8 Å². The highest BCUT2D eigenvalue weighted by atomic mass is 32.1. The number of hydrogen-bond acceptors (Lipinski definition) is 6. The summed E-state index contributed by atoms with van der Waals surface area (Å²) in [6.45, 7) is 0.165. The van der Waals surface area contributed by atoms with Crippen molar-refractivity contribution in [2.45, 2.75) is 45.1 Å². The number of thiophene rings is 1. The summed E-state index contributed by atoms with van der Waals surface area (Å²) in [5.41, 5.74) is 1.02. The number of fused-ring (bicyclic) bond motifs is 3. The minimum absolute atomic E-state index is 0.111. The number of amides is 2. The summed E-state index contributed by atoms with van der Waals surface area (Å²) in [6.07, 6.45) is 6.19. The highest BCUT2D eigenvalue weighted by Crippen LogP contribution is 2.33. The first-order valence-electron chi connectivity index (χ1n) is 9.69. The first-order valence-corrected chi connectivity index (χ1v) is 10.5. The van der Waals surface area contributed by atoms with E-state index in [9.17, 15) is 14.4 Å². The quantitative estimate of drug-likeness (QED) is 0.545. The van der Waals surface area contributed by atoms with Crippen molar-refractivity contribution in [2.24, 2.45) is 0 Å². The van der Waals surface area contributed by atoms with Crippen molar-refractivity contribution in [3.63, 3.8) is 0 Å². The van der Waals surface area contributed by atoms with Crippen LogP contribution in [-0.4, -0.2) is 28.3 Å². The fourth-order valence-corrected chi connectivity index (χ4v) is 4.77. The molecule has 0 radical (unpaired) electrons. The normalized spacial score (nSPS) is 13.2. The van der Waals surface area contributed by atoms with E-state index in [4.69, 9.17) is 4.42 Å². The van der Waals surface area contributed by atoms with Crippen molar-refractivity contribution >= 4 is 33.4 Å². The fourth-order valence-electron chi connectivity index (χ4n) is 3.49. The molecule has 3 N–H and O–H groups in total. The third kappa shape index (κ3) is 4.56. The van der Waals surface area contributed by atoms with E-state index < -0.39 is 0 Å². The maximum Gasteiger partial charge on any atom is 0.259 e. The lowest BCUT2D eigenvalue weighted by atomic mass is 9.97. The number of H-pyrrole nitrogens is 1. The zero-order valence-corrected chi connectivity index (χ0v) is 16.7. The Hall–Kier alpha value is -2.94. The minimum Gasteiger partial charge on any atom is -0.467 e. The van der Waals surface area contributed by atoms with E-state index in [0.717, 1.165) is 36.1 Å². The molecular weight excluding hydrogens is 392 g/mol. The Kier molecular flexibility index (Phi) is 5.75. The first kappa shape index (κ1) is 19.4. The molecule has 2 amide bonds. The molecule has 1 aliphatic rings. The monoisotopic (exact) mass is 414 g/mol. The van der Waals surface area contributed by atoms with Gasteiger partial charge in [-0.15, -0.1) is 11.3 Å². The Morgan fingerprint density at radius 3 is 2.90 bits per heavy atom. The fraction of sp³-hybridized carbons (Fsp3) is 0.400. The molecule has 0 atom stereocenters. The molecule has 0 bridgehead atoms. The predicted molar refractivity (Wildman–Crippen MR) is 109 cm³/mol. The van der Waals surface area contributed by atoms with Crippen LogP contribution in [-0.2, 0) is 35.4 Å². The van der Waals surface area contributed by atoms with Gasteiger partial charge in [0.1, 0.15) is 16.4 Å². The van der Waals surface area contributed by atoms with Gasteiger partial charge >= 0.3 is 0 Å². The Labute approximate surface area is 170 Å². The van der Waals surface area contributed by atoms with Crippen LogP contribution in [0, 0.1) is 0 Å². The van der Waals surface area contributed by atoms with E-state index in [1.165, 1.54) is 11.1 Å². The van der Waals surface area contributed by atoms with E-state index in [1.54, 1.807) is 23.5 Å². The summed E-state index contributed by atoms with van der Waals surface area (Å²) in [5, 5.41) is 5.95. The Morgan fingerprint density at radius 2 is 2.07 bits per heavy atom. The summed E-state index contributed by atoms with van der Waals surface area (Å²) in [6, 6.07) is 3.50. The summed E-state index contributed by atoms with van der Waals surface area (Å²) < 4.78 is 5.13. The molecular formula is C20H22N4O4S. The highest BCUT2D eigenvalue weighted by molar-refractivity contribution is 7.18. The molecule has 0 aliphatic heterocycles. The van der Waals surface area contributed by atoms with Crippen LogP contribution in [0.3, 0.4) is 0 Å². The number of aromatic amines is 1. The Morgan fingerprint density at radius 1 is 1.21 bits per heavy atom. The van der Waals surface area contributed by atoms with Crippen molar-refractivity contribution < 1.29 is 14.0 Å². The molecule has 3 heterocycles. The van der Waals surface area contributed by atoms with Crippen LogP contribution in [0.25, 0.3) is 10.2 Å². The van der Waals surface area contributed by atoms with E-state index in [-0.39, 0.29) is 36.9 Å². The van der Waals surface area contributed by atoms with Crippen molar-refractivity contribution in [3.8, 4) is 0 Å². The van der Waals surface area contributed by atoms with Gasteiger partial charge < -0.3 is 20.0 Å². The summed E-state index contributed by atoms with van der Waals surface area (Å²) >= 11 is 1.59. The molecule has 0 aromatic carbocycles. The van der Waals surface area contributed by atoms with Crippen LogP contribution in [0.2, 0.25) is 0 Å². The highest BCUT2D eigenvalue weighted by Gasteiger charge is 2.20. The second-order valence-electron chi connectivity index (χ2n) is 7.04. The lowest BCUT2D eigenvalue weighted by Crippen LogP contribution is -2.36. The number of hydrogen-bond donors (Lipinski definition) is 3. The molecule has 4 rings (SSSR count). The van der Waals surface area contributed by atoms with Gasteiger partial charge in [-0.1, -0.05) is 0 Å². The number of carbonyl (C=O) groups excluding carboxylic acids is 2. The maximum absolute atomic E-state index is 12.5. The van der Waals surface area contributed by atoms with E-state index >= 15 is 0 Å². The number of nitrogens with zero attached hydrogens (tertiary/aromatic N) is 1. The SMILES string of the molecule is O=C(CCc1nc2sc3c(c2c(=O)[nH]1)CCCC3)NCC(=O)NCc1ccco1. The number of furan rings is 1. The van der Waals surface area contributed by atoms with Crippen LogP contribution < -0.4 is 16.2 Å². The first-order chi connectivity index (χ1) is 14.1. The van der Waals surface area contributed by atoms with E-state index in [2.05, 4.69) is 20.6 Å². The van der Waals surface area contributed by atoms with Crippen LogP contribution in [0.1, 0.15) is 41.3 Å². The predicted octanol–water partition coefficient (Wildman–Crippen LogP) is 1.82. The third-order valence-electron chi connectivity index (χ3n) is 4.95. The topological polar surface area (TPSA) is 117 Å². The van der Waals surface area contributed by atoms with Gasteiger partial charge in [0.05, 0.1) is 24.7 Å². The second kappa shape index (κ2) is 8.60. The molecule has 0 spiro atoms. The summed E-state index contributed by atoms with van der Waals surface area (Å²) in [4.78, 5) is 45.7. The molecule has 0 saturated carbocycles. The molecule has 1 aliphatic carbocycles. The molecule has 9 heteroatoms. The number of aryl methyl sites for hydroxylation is 3. The van der Waals surface area contributed by atoms with Crippen molar-refractivity contribution in [1.82, 2.24) is 20.6 Å². The minimum atomic E-state index is -0.299. The largest absolute Gasteiger partial charge is 0.467 e. The Bertz CT molecular complexity index is 1080. The van der Waals surface area contributed by atoms with Gasteiger partial charge in [-0.25, -0.2) is 4.98 Å². The number of carbonyl (C=O) groups is 2. The molecule has 0 saturated heterocycles. The lowest BCUT2D eigenvalue weighted by Gasteiger charge is -2.09. The van der Waals surface area contributed by atoms with Crippen molar-refractivity contribution in [3.05, 3.63) is 50.8 Å².